The van der Waals surface area contributed by atoms with Crippen molar-refractivity contribution in [3.05, 3.63) is 24.0 Å². The average molecular weight is 309 g/mol. The van der Waals surface area contributed by atoms with Gasteiger partial charge in [0.2, 0.25) is 5.91 Å². The molecule has 3 N–H and O–H groups in total. The molecule has 0 fully saturated rings. The predicted molar refractivity (Wildman–Crippen MR) is 86.8 cm³/mol. The summed E-state index contributed by atoms with van der Waals surface area (Å²) >= 11 is 0. The van der Waals surface area contributed by atoms with Crippen LogP contribution in [0.15, 0.2) is 18.2 Å². The number of benzene rings is 1. The van der Waals surface area contributed by atoms with Crippen LogP contribution >= 0.6 is 12.4 Å². The van der Waals surface area contributed by atoms with Crippen molar-refractivity contribution in [3.63, 3.8) is 0 Å². The number of hydrogen-bond acceptors (Lipinski definition) is 3. The van der Waals surface area contributed by atoms with Crippen LogP contribution in [0.4, 0.5) is 5.69 Å². The first-order chi connectivity index (χ1) is 9.65. The van der Waals surface area contributed by atoms with Gasteiger partial charge < -0.3 is 15.6 Å². The Morgan fingerprint density at radius 1 is 1.38 bits per heavy atom. The molecule has 6 heteroatoms. The summed E-state index contributed by atoms with van der Waals surface area (Å²) in [4.78, 5) is 16.3. The Morgan fingerprint density at radius 3 is 2.95 bits per heavy atom. The second kappa shape index (κ2) is 6.45. The second-order valence-electron chi connectivity index (χ2n) is 5.47. The van der Waals surface area contributed by atoms with Gasteiger partial charge in [-0.15, -0.1) is 12.4 Å². The van der Waals surface area contributed by atoms with E-state index in [0.717, 1.165) is 35.5 Å². The quantitative estimate of drug-likeness (QED) is 0.895. The number of fused-ring (bicyclic) bond motifs is 3. The minimum Gasteiger partial charge on any atom is -0.328 e. The topological polar surface area (TPSA) is 72.9 Å². The van der Waals surface area contributed by atoms with E-state index in [-0.39, 0.29) is 18.3 Å². The highest BCUT2D eigenvalue weighted by Crippen LogP contribution is 2.24. The standard InChI is InChI=1S/C15H20N4O.ClH/c1-10(16)15(20)17-11-6-7-13-12(9-11)18-14-5-3-2-4-8-19(13)14;/h6-7,9-10H,2-5,8,16H2,1H3,(H,17,20);1H. The van der Waals surface area contributed by atoms with Crippen LogP contribution in [0, 0.1) is 0 Å². The summed E-state index contributed by atoms with van der Waals surface area (Å²) < 4.78 is 2.31. The van der Waals surface area contributed by atoms with Gasteiger partial charge in [0.15, 0.2) is 0 Å². The van der Waals surface area contributed by atoms with E-state index in [2.05, 4.69) is 9.88 Å². The lowest BCUT2D eigenvalue weighted by molar-refractivity contribution is -0.117. The van der Waals surface area contributed by atoms with Crippen molar-refractivity contribution < 1.29 is 4.79 Å². The summed E-state index contributed by atoms with van der Waals surface area (Å²) in [5.74, 6) is 0.985. The summed E-state index contributed by atoms with van der Waals surface area (Å²) in [5.41, 5.74) is 8.42. The van der Waals surface area contributed by atoms with E-state index >= 15 is 0 Å². The van der Waals surface area contributed by atoms with Crippen molar-refractivity contribution in [1.82, 2.24) is 9.55 Å². The molecule has 2 heterocycles. The van der Waals surface area contributed by atoms with Gasteiger partial charge in [0.05, 0.1) is 17.1 Å². The predicted octanol–water partition coefficient (Wildman–Crippen LogP) is 2.47. The number of imidazole rings is 1. The molecule has 1 aromatic heterocycles. The molecule has 1 atom stereocenters. The first-order valence-electron chi connectivity index (χ1n) is 7.21. The third kappa shape index (κ3) is 3.19. The monoisotopic (exact) mass is 308 g/mol. The van der Waals surface area contributed by atoms with Crippen LogP contribution in [-0.2, 0) is 17.8 Å². The molecule has 0 bridgehead atoms. The third-order valence-electron chi connectivity index (χ3n) is 3.79. The van der Waals surface area contributed by atoms with E-state index in [0.29, 0.717) is 0 Å². The summed E-state index contributed by atoms with van der Waals surface area (Å²) in [5, 5.41) is 2.81. The molecule has 21 heavy (non-hydrogen) atoms. The molecule has 1 aliphatic heterocycles. The normalized spacial score (nSPS) is 15.7. The largest absolute Gasteiger partial charge is 0.328 e. The van der Waals surface area contributed by atoms with Gasteiger partial charge in [-0.25, -0.2) is 4.98 Å². The van der Waals surface area contributed by atoms with Crippen LogP contribution in [0.2, 0.25) is 0 Å². The number of anilines is 1. The minimum absolute atomic E-state index is 0. The molecule has 1 aromatic carbocycles. The van der Waals surface area contributed by atoms with Gasteiger partial charge in [-0.2, -0.15) is 0 Å². The number of aromatic nitrogens is 2. The van der Waals surface area contributed by atoms with Crippen molar-refractivity contribution in [2.24, 2.45) is 5.73 Å². The number of nitrogens with zero attached hydrogens (tertiary/aromatic N) is 2. The molecule has 0 spiro atoms. The van der Waals surface area contributed by atoms with Gasteiger partial charge in [-0.3, -0.25) is 4.79 Å². The zero-order valence-corrected chi connectivity index (χ0v) is 12.9. The van der Waals surface area contributed by atoms with Crippen molar-refractivity contribution in [3.8, 4) is 0 Å². The first kappa shape index (κ1) is 15.8. The van der Waals surface area contributed by atoms with Crippen molar-refractivity contribution in [2.75, 3.05) is 5.32 Å². The van der Waals surface area contributed by atoms with Crippen LogP contribution in [0.5, 0.6) is 0 Å². The highest BCUT2D eigenvalue weighted by molar-refractivity contribution is 5.96. The number of carbonyl (C=O) groups excluding carboxylic acids is 1. The molecular weight excluding hydrogens is 288 g/mol. The number of halogens is 1. The van der Waals surface area contributed by atoms with E-state index < -0.39 is 6.04 Å². The lowest BCUT2D eigenvalue weighted by Crippen LogP contribution is -2.32. The van der Waals surface area contributed by atoms with E-state index in [4.69, 9.17) is 10.7 Å². The first-order valence-corrected chi connectivity index (χ1v) is 7.21. The fourth-order valence-corrected chi connectivity index (χ4v) is 2.68. The Labute approximate surface area is 130 Å². The van der Waals surface area contributed by atoms with Crippen LogP contribution < -0.4 is 11.1 Å². The maximum absolute atomic E-state index is 11.6. The number of nitrogens with two attached hydrogens (primary N) is 1. The summed E-state index contributed by atoms with van der Waals surface area (Å²) in [6, 6.07) is 5.37. The maximum atomic E-state index is 11.6. The van der Waals surface area contributed by atoms with Crippen LogP contribution in [0.1, 0.15) is 32.0 Å². The zero-order valence-electron chi connectivity index (χ0n) is 12.1. The number of aryl methyl sites for hydroxylation is 2. The molecule has 0 saturated carbocycles. The minimum atomic E-state index is -0.510. The Bertz CT molecular complexity index is 650. The van der Waals surface area contributed by atoms with E-state index in [1.54, 1.807) is 6.92 Å². The van der Waals surface area contributed by atoms with Gasteiger partial charge in [0, 0.05) is 18.7 Å². The molecule has 0 radical (unpaired) electrons. The number of nitrogens with one attached hydrogen (secondary N) is 1. The Morgan fingerprint density at radius 2 is 2.19 bits per heavy atom. The number of hydrogen-bond donors (Lipinski definition) is 2. The Balaban J connectivity index is 0.00000161. The van der Waals surface area contributed by atoms with Gasteiger partial charge in [0.25, 0.3) is 0 Å². The third-order valence-corrected chi connectivity index (χ3v) is 3.79. The number of rotatable bonds is 2. The van der Waals surface area contributed by atoms with E-state index in [1.165, 1.54) is 19.3 Å². The fourth-order valence-electron chi connectivity index (χ4n) is 2.68. The molecule has 0 saturated heterocycles. The van der Waals surface area contributed by atoms with Crippen molar-refractivity contribution in [1.29, 1.82) is 0 Å². The number of amides is 1. The molecule has 3 rings (SSSR count). The zero-order chi connectivity index (χ0) is 14.1. The maximum Gasteiger partial charge on any atom is 0.240 e. The van der Waals surface area contributed by atoms with Crippen molar-refractivity contribution in [2.45, 2.75) is 45.2 Å². The molecule has 1 amide bonds. The van der Waals surface area contributed by atoms with Crippen LogP contribution in [-0.4, -0.2) is 21.5 Å². The summed E-state index contributed by atoms with van der Waals surface area (Å²) in [7, 11) is 0. The molecule has 114 valence electrons. The lowest BCUT2D eigenvalue weighted by atomic mass is 10.2. The smallest absolute Gasteiger partial charge is 0.240 e. The Hall–Kier alpha value is -1.59. The molecular formula is C15H21ClN4O. The van der Waals surface area contributed by atoms with Crippen LogP contribution in [0.25, 0.3) is 11.0 Å². The number of carbonyl (C=O) groups is 1. The van der Waals surface area contributed by atoms with Gasteiger partial charge in [-0.05, 0) is 38.0 Å². The lowest BCUT2D eigenvalue weighted by Gasteiger charge is -2.08. The van der Waals surface area contributed by atoms with Gasteiger partial charge in [0.1, 0.15) is 5.82 Å². The summed E-state index contributed by atoms with van der Waals surface area (Å²) in [6.07, 6.45) is 4.73. The Kier molecular flexibility index (Phi) is 4.85. The van der Waals surface area contributed by atoms with Gasteiger partial charge >= 0.3 is 0 Å². The second-order valence-corrected chi connectivity index (χ2v) is 5.47. The highest BCUT2D eigenvalue weighted by Gasteiger charge is 2.14. The SMILES string of the molecule is CC(N)C(=O)Nc1ccc2c(c1)nc1n2CCCCC1.Cl. The molecule has 5 nitrogen and oxygen atoms in total. The van der Waals surface area contributed by atoms with E-state index in [1.807, 2.05) is 18.2 Å². The summed E-state index contributed by atoms with van der Waals surface area (Å²) in [6.45, 7) is 2.71. The highest BCUT2D eigenvalue weighted by atomic mass is 35.5. The average Bonchev–Trinajstić information content (AvgIpc) is 2.60. The molecule has 1 unspecified atom stereocenters. The van der Waals surface area contributed by atoms with Crippen molar-refractivity contribution >= 4 is 35.0 Å². The van der Waals surface area contributed by atoms with Gasteiger partial charge in [-0.1, -0.05) is 6.42 Å². The molecule has 0 aliphatic carbocycles. The molecule has 2 aromatic rings. The van der Waals surface area contributed by atoms with Crippen LogP contribution in [0.3, 0.4) is 0 Å². The fraction of sp³-hybridized carbons (Fsp3) is 0.467. The van der Waals surface area contributed by atoms with E-state index in [9.17, 15) is 4.79 Å². The molecule has 1 aliphatic rings.